The van der Waals surface area contributed by atoms with Crippen molar-refractivity contribution in [3.63, 3.8) is 0 Å². The first kappa shape index (κ1) is 10.5. The highest BCUT2D eigenvalue weighted by Gasteiger charge is 2.12. The Morgan fingerprint density at radius 2 is 1.62 bits per heavy atom. The SMILES string of the molecule is COc1ccc(OC)c2c(=O)[nH]cc(C)c12. The summed E-state index contributed by atoms with van der Waals surface area (Å²) in [5.41, 5.74) is 0.779. The molecule has 4 nitrogen and oxygen atoms in total. The Labute approximate surface area is 92.8 Å². The molecular formula is C12H13NO3. The number of methoxy groups -OCH3 is 2. The van der Waals surface area contributed by atoms with E-state index in [1.165, 1.54) is 0 Å². The third kappa shape index (κ3) is 1.43. The molecule has 2 aromatic rings. The van der Waals surface area contributed by atoms with Crippen LogP contribution in [0, 0.1) is 6.92 Å². The molecule has 0 bridgehead atoms. The summed E-state index contributed by atoms with van der Waals surface area (Å²) in [6.07, 6.45) is 1.67. The third-order valence-electron chi connectivity index (χ3n) is 2.61. The molecule has 0 atom stereocenters. The zero-order valence-electron chi connectivity index (χ0n) is 9.46. The predicted molar refractivity (Wildman–Crippen MR) is 62.4 cm³/mol. The van der Waals surface area contributed by atoms with Gasteiger partial charge in [0.2, 0.25) is 0 Å². The fourth-order valence-corrected chi connectivity index (χ4v) is 1.84. The Bertz CT molecular complexity index is 587. The van der Waals surface area contributed by atoms with E-state index < -0.39 is 0 Å². The van der Waals surface area contributed by atoms with Crippen LogP contribution in [0.4, 0.5) is 0 Å². The summed E-state index contributed by atoms with van der Waals surface area (Å²) in [5, 5.41) is 1.33. The molecule has 0 aliphatic carbocycles. The van der Waals surface area contributed by atoms with Gasteiger partial charge in [-0.05, 0) is 24.6 Å². The van der Waals surface area contributed by atoms with Crippen LogP contribution in [0.5, 0.6) is 11.5 Å². The standard InChI is InChI=1S/C12H13NO3/c1-7-6-13-12(14)11-9(16-3)5-4-8(15-2)10(7)11/h4-6H,1-3H3,(H,13,14). The Hall–Kier alpha value is -1.97. The summed E-state index contributed by atoms with van der Waals surface area (Å²) in [6.45, 7) is 1.92. The van der Waals surface area contributed by atoms with Crippen molar-refractivity contribution >= 4 is 10.8 Å². The van der Waals surface area contributed by atoms with E-state index in [-0.39, 0.29) is 5.56 Å². The second-order valence-electron chi connectivity index (χ2n) is 3.52. The fourth-order valence-electron chi connectivity index (χ4n) is 1.84. The van der Waals surface area contributed by atoms with Crippen LogP contribution in [0.1, 0.15) is 5.56 Å². The minimum Gasteiger partial charge on any atom is -0.496 e. The van der Waals surface area contributed by atoms with Crippen LogP contribution < -0.4 is 15.0 Å². The number of nitrogens with one attached hydrogen (secondary N) is 1. The van der Waals surface area contributed by atoms with Gasteiger partial charge >= 0.3 is 0 Å². The number of ether oxygens (including phenoxy) is 2. The fraction of sp³-hybridized carbons (Fsp3) is 0.250. The highest BCUT2D eigenvalue weighted by atomic mass is 16.5. The van der Waals surface area contributed by atoms with Crippen LogP contribution in [0.25, 0.3) is 10.8 Å². The average Bonchev–Trinajstić information content (AvgIpc) is 2.32. The van der Waals surface area contributed by atoms with Gasteiger partial charge in [-0.25, -0.2) is 0 Å². The van der Waals surface area contributed by atoms with Crippen molar-refractivity contribution in [3.05, 3.63) is 34.2 Å². The zero-order chi connectivity index (χ0) is 11.7. The molecular weight excluding hydrogens is 206 g/mol. The van der Waals surface area contributed by atoms with Crippen molar-refractivity contribution in [3.8, 4) is 11.5 Å². The first-order chi connectivity index (χ1) is 7.69. The molecule has 0 unspecified atom stereocenters. The van der Waals surface area contributed by atoms with E-state index in [1.807, 2.05) is 6.92 Å². The van der Waals surface area contributed by atoms with Crippen molar-refractivity contribution in [2.24, 2.45) is 0 Å². The number of aromatic amines is 1. The molecule has 0 aliphatic heterocycles. The zero-order valence-corrected chi connectivity index (χ0v) is 9.46. The maximum atomic E-state index is 11.8. The van der Waals surface area contributed by atoms with Gasteiger partial charge in [-0.2, -0.15) is 0 Å². The van der Waals surface area contributed by atoms with Crippen LogP contribution in [-0.4, -0.2) is 19.2 Å². The van der Waals surface area contributed by atoms with E-state index in [0.29, 0.717) is 16.9 Å². The number of aromatic nitrogens is 1. The lowest BCUT2D eigenvalue weighted by Gasteiger charge is -2.10. The summed E-state index contributed by atoms with van der Waals surface area (Å²) in [7, 11) is 3.13. The average molecular weight is 219 g/mol. The van der Waals surface area contributed by atoms with Gasteiger partial charge in [0, 0.05) is 11.6 Å². The Morgan fingerprint density at radius 3 is 2.19 bits per heavy atom. The first-order valence-corrected chi connectivity index (χ1v) is 4.92. The maximum absolute atomic E-state index is 11.8. The van der Waals surface area contributed by atoms with Crippen LogP contribution in [0.3, 0.4) is 0 Å². The maximum Gasteiger partial charge on any atom is 0.259 e. The van der Waals surface area contributed by atoms with Crippen molar-refractivity contribution < 1.29 is 9.47 Å². The largest absolute Gasteiger partial charge is 0.496 e. The molecule has 0 saturated heterocycles. The minimum absolute atomic E-state index is 0.170. The van der Waals surface area contributed by atoms with E-state index in [0.717, 1.165) is 10.9 Å². The molecule has 4 heteroatoms. The Balaban J connectivity index is 3.01. The number of aryl methyl sites for hydroxylation is 1. The number of benzene rings is 1. The molecule has 0 aliphatic rings. The molecule has 1 aromatic carbocycles. The summed E-state index contributed by atoms with van der Waals surface area (Å²) in [6, 6.07) is 3.53. The lowest BCUT2D eigenvalue weighted by atomic mass is 10.1. The molecule has 16 heavy (non-hydrogen) atoms. The van der Waals surface area contributed by atoms with Gasteiger partial charge in [0.25, 0.3) is 5.56 Å². The number of hydrogen-bond donors (Lipinski definition) is 1. The van der Waals surface area contributed by atoms with Crippen molar-refractivity contribution in [1.82, 2.24) is 4.98 Å². The molecule has 84 valence electrons. The van der Waals surface area contributed by atoms with Gasteiger partial charge in [0.1, 0.15) is 11.5 Å². The molecule has 0 spiro atoms. The second kappa shape index (κ2) is 3.89. The first-order valence-electron chi connectivity index (χ1n) is 4.92. The molecule has 1 heterocycles. The lowest BCUT2D eigenvalue weighted by Crippen LogP contribution is -2.08. The minimum atomic E-state index is -0.170. The van der Waals surface area contributed by atoms with Crippen LogP contribution in [-0.2, 0) is 0 Å². The highest BCUT2D eigenvalue weighted by Crippen LogP contribution is 2.32. The summed E-state index contributed by atoms with van der Waals surface area (Å²) < 4.78 is 10.4. The van der Waals surface area contributed by atoms with Gasteiger partial charge in [0.15, 0.2) is 0 Å². The molecule has 0 saturated carbocycles. The van der Waals surface area contributed by atoms with E-state index in [2.05, 4.69) is 4.98 Å². The quantitative estimate of drug-likeness (QED) is 0.838. The van der Waals surface area contributed by atoms with Crippen LogP contribution in [0.2, 0.25) is 0 Å². The molecule has 0 fully saturated rings. The summed E-state index contributed by atoms with van der Waals surface area (Å²) in [4.78, 5) is 14.5. The smallest absolute Gasteiger partial charge is 0.259 e. The van der Waals surface area contributed by atoms with Crippen LogP contribution >= 0.6 is 0 Å². The number of H-pyrrole nitrogens is 1. The lowest BCUT2D eigenvalue weighted by molar-refractivity contribution is 0.410. The normalized spacial score (nSPS) is 10.4. The topological polar surface area (TPSA) is 51.3 Å². The summed E-state index contributed by atoms with van der Waals surface area (Å²) >= 11 is 0. The Morgan fingerprint density at radius 1 is 1.06 bits per heavy atom. The molecule has 2 rings (SSSR count). The van der Waals surface area contributed by atoms with Gasteiger partial charge in [-0.1, -0.05) is 0 Å². The molecule has 0 amide bonds. The third-order valence-corrected chi connectivity index (χ3v) is 2.61. The number of rotatable bonds is 2. The Kier molecular flexibility index (Phi) is 2.56. The van der Waals surface area contributed by atoms with Crippen molar-refractivity contribution in [2.45, 2.75) is 6.92 Å². The summed E-state index contributed by atoms with van der Waals surface area (Å²) in [5.74, 6) is 1.24. The number of pyridine rings is 1. The molecule has 1 aromatic heterocycles. The van der Waals surface area contributed by atoms with E-state index in [9.17, 15) is 4.79 Å². The number of hydrogen-bond acceptors (Lipinski definition) is 3. The van der Waals surface area contributed by atoms with Crippen molar-refractivity contribution in [2.75, 3.05) is 14.2 Å². The van der Waals surface area contributed by atoms with Gasteiger partial charge in [-0.15, -0.1) is 0 Å². The van der Waals surface area contributed by atoms with Crippen molar-refractivity contribution in [1.29, 1.82) is 0 Å². The van der Waals surface area contributed by atoms with E-state index in [1.54, 1.807) is 32.5 Å². The number of fused-ring (bicyclic) bond motifs is 1. The van der Waals surface area contributed by atoms with Gasteiger partial charge < -0.3 is 14.5 Å². The molecule has 1 N–H and O–H groups in total. The predicted octanol–water partition coefficient (Wildman–Crippen LogP) is 1.85. The molecule has 0 radical (unpaired) electrons. The highest BCUT2D eigenvalue weighted by molar-refractivity contribution is 5.94. The van der Waals surface area contributed by atoms with Crippen LogP contribution in [0.15, 0.2) is 23.1 Å². The van der Waals surface area contributed by atoms with E-state index in [4.69, 9.17) is 9.47 Å². The second-order valence-corrected chi connectivity index (χ2v) is 3.52. The van der Waals surface area contributed by atoms with E-state index >= 15 is 0 Å². The van der Waals surface area contributed by atoms with Gasteiger partial charge in [0.05, 0.1) is 19.6 Å². The van der Waals surface area contributed by atoms with Gasteiger partial charge in [-0.3, -0.25) is 4.79 Å². The monoisotopic (exact) mass is 219 g/mol.